The average Bonchev–Trinajstić information content (AvgIpc) is 2.39. The Morgan fingerprint density at radius 1 is 1.40 bits per heavy atom. The van der Waals surface area contributed by atoms with Crippen LogP contribution in [0.1, 0.15) is 27.2 Å². The fraction of sp³-hybridized carbons (Fsp3) is 0.467. The highest BCUT2D eigenvalue weighted by molar-refractivity contribution is 5.89. The molecule has 5 nitrogen and oxygen atoms in total. The van der Waals surface area contributed by atoms with E-state index in [1.807, 2.05) is 26.0 Å². The standard InChI is InChI=1S/C15H21N3O2/c1-4-18(8-6-7-16)14-9-13(17-12(3)19)10-15(11-14)20-5-2/h9-11H,4-6,8H2,1-3H3,(H,17,19). The number of carbonyl (C=O) groups is 1. The van der Waals surface area contributed by atoms with Crippen LogP contribution in [0.3, 0.4) is 0 Å². The molecule has 0 fully saturated rings. The number of rotatable bonds is 7. The molecule has 1 amide bonds. The number of nitrogens with one attached hydrogen (secondary N) is 1. The molecule has 0 heterocycles. The molecule has 0 aliphatic heterocycles. The van der Waals surface area contributed by atoms with Crippen LogP contribution in [0.25, 0.3) is 0 Å². The molecule has 0 aliphatic carbocycles. The Bertz CT molecular complexity index is 494. The van der Waals surface area contributed by atoms with Gasteiger partial charge in [0, 0.05) is 43.5 Å². The van der Waals surface area contributed by atoms with E-state index in [9.17, 15) is 4.79 Å². The van der Waals surface area contributed by atoms with Crippen LogP contribution in [0, 0.1) is 11.3 Å². The highest BCUT2D eigenvalue weighted by Crippen LogP contribution is 2.27. The van der Waals surface area contributed by atoms with Crippen molar-refractivity contribution < 1.29 is 9.53 Å². The predicted molar refractivity (Wildman–Crippen MR) is 80.0 cm³/mol. The summed E-state index contributed by atoms with van der Waals surface area (Å²) in [6.07, 6.45) is 0.460. The summed E-state index contributed by atoms with van der Waals surface area (Å²) in [4.78, 5) is 13.3. The minimum Gasteiger partial charge on any atom is -0.494 e. The quantitative estimate of drug-likeness (QED) is 0.831. The van der Waals surface area contributed by atoms with Gasteiger partial charge >= 0.3 is 0 Å². The summed E-state index contributed by atoms with van der Waals surface area (Å²) < 4.78 is 5.52. The first-order chi connectivity index (χ1) is 9.60. The Labute approximate surface area is 120 Å². The van der Waals surface area contributed by atoms with Gasteiger partial charge in [0.2, 0.25) is 5.91 Å². The molecule has 0 radical (unpaired) electrons. The monoisotopic (exact) mass is 275 g/mol. The first-order valence-electron chi connectivity index (χ1n) is 6.78. The number of hydrogen-bond acceptors (Lipinski definition) is 4. The van der Waals surface area contributed by atoms with Crippen molar-refractivity contribution in [3.8, 4) is 11.8 Å². The highest BCUT2D eigenvalue weighted by atomic mass is 16.5. The molecule has 20 heavy (non-hydrogen) atoms. The summed E-state index contributed by atoms with van der Waals surface area (Å²) in [5.41, 5.74) is 1.64. The SMILES string of the molecule is CCOc1cc(NC(C)=O)cc(N(CC)CCC#N)c1. The maximum Gasteiger partial charge on any atom is 0.221 e. The Morgan fingerprint density at radius 2 is 2.15 bits per heavy atom. The second-order valence-electron chi connectivity index (χ2n) is 4.32. The van der Waals surface area contributed by atoms with Crippen LogP contribution in [0.15, 0.2) is 18.2 Å². The second kappa shape index (κ2) is 8.05. The molecule has 0 saturated heterocycles. The largest absolute Gasteiger partial charge is 0.494 e. The Balaban J connectivity index is 3.05. The van der Waals surface area contributed by atoms with Gasteiger partial charge in [-0.05, 0) is 19.9 Å². The fourth-order valence-corrected chi connectivity index (χ4v) is 1.95. The van der Waals surface area contributed by atoms with Crippen molar-refractivity contribution in [2.24, 2.45) is 0 Å². The number of ether oxygens (including phenoxy) is 1. The minimum atomic E-state index is -0.121. The van der Waals surface area contributed by atoms with Crippen LogP contribution in [-0.2, 0) is 4.79 Å². The zero-order valence-corrected chi connectivity index (χ0v) is 12.3. The van der Waals surface area contributed by atoms with Crippen LogP contribution in [0.2, 0.25) is 0 Å². The lowest BCUT2D eigenvalue weighted by atomic mass is 10.2. The molecule has 1 aromatic rings. The normalized spacial score (nSPS) is 9.70. The molecular weight excluding hydrogens is 254 g/mol. The van der Waals surface area contributed by atoms with Crippen LogP contribution >= 0.6 is 0 Å². The van der Waals surface area contributed by atoms with E-state index in [2.05, 4.69) is 16.3 Å². The van der Waals surface area contributed by atoms with E-state index in [-0.39, 0.29) is 5.91 Å². The number of carbonyl (C=O) groups excluding carboxylic acids is 1. The van der Waals surface area contributed by atoms with E-state index in [4.69, 9.17) is 10.00 Å². The van der Waals surface area contributed by atoms with Crippen molar-refractivity contribution in [3.05, 3.63) is 18.2 Å². The molecule has 0 aromatic heterocycles. The topological polar surface area (TPSA) is 65.4 Å². The molecule has 108 valence electrons. The van der Waals surface area contributed by atoms with Gasteiger partial charge in [0.1, 0.15) is 5.75 Å². The van der Waals surface area contributed by atoms with Crippen LogP contribution in [0.5, 0.6) is 5.75 Å². The van der Waals surface area contributed by atoms with Crippen LogP contribution in [0.4, 0.5) is 11.4 Å². The number of benzene rings is 1. The summed E-state index contributed by atoms with van der Waals surface area (Å²) in [7, 11) is 0. The van der Waals surface area contributed by atoms with Gasteiger partial charge in [-0.1, -0.05) is 0 Å². The molecule has 0 bridgehead atoms. The first-order valence-corrected chi connectivity index (χ1v) is 6.78. The third kappa shape index (κ3) is 4.81. The summed E-state index contributed by atoms with van der Waals surface area (Å²) in [5, 5.41) is 11.5. The lowest BCUT2D eigenvalue weighted by Crippen LogP contribution is -2.23. The zero-order chi connectivity index (χ0) is 15.0. The number of amides is 1. The van der Waals surface area contributed by atoms with Gasteiger partial charge in [0.25, 0.3) is 0 Å². The third-order valence-electron chi connectivity index (χ3n) is 2.76. The smallest absolute Gasteiger partial charge is 0.221 e. The van der Waals surface area contributed by atoms with Crippen molar-refractivity contribution in [1.82, 2.24) is 0 Å². The number of anilines is 2. The van der Waals surface area contributed by atoms with Gasteiger partial charge in [-0.15, -0.1) is 0 Å². The summed E-state index contributed by atoms with van der Waals surface area (Å²) in [6, 6.07) is 7.76. The highest BCUT2D eigenvalue weighted by Gasteiger charge is 2.09. The summed E-state index contributed by atoms with van der Waals surface area (Å²) >= 11 is 0. The van der Waals surface area contributed by atoms with Gasteiger partial charge in [-0.3, -0.25) is 4.79 Å². The lowest BCUT2D eigenvalue weighted by Gasteiger charge is -2.23. The van der Waals surface area contributed by atoms with Crippen LogP contribution in [-0.4, -0.2) is 25.6 Å². The van der Waals surface area contributed by atoms with E-state index in [0.717, 1.165) is 12.2 Å². The molecule has 1 aromatic carbocycles. The minimum absolute atomic E-state index is 0.121. The maximum absolute atomic E-state index is 11.2. The fourth-order valence-electron chi connectivity index (χ4n) is 1.95. The number of nitriles is 1. The molecule has 5 heteroatoms. The first kappa shape index (κ1) is 15.8. The van der Waals surface area contributed by atoms with Gasteiger partial charge in [0.05, 0.1) is 19.1 Å². The van der Waals surface area contributed by atoms with E-state index in [0.29, 0.717) is 31.0 Å². The Hall–Kier alpha value is -2.22. The zero-order valence-electron chi connectivity index (χ0n) is 12.3. The lowest BCUT2D eigenvalue weighted by molar-refractivity contribution is -0.114. The Morgan fingerprint density at radius 3 is 2.70 bits per heavy atom. The summed E-state index contributed by atoms with van der Waals surface area (Å²) in [6.45, 7) is 7.42. The molecule has 0 aliphatic rings. The van der Waals surface area contributed by atoms with E-state index >= 15 is 0 Å². The summed E-state index contributed by atoms with van der Waals surface area (Å²) in [5.74, 6) is 0.592. The van der Waals surface area contributed by atoms with Crippen molar-refractivity contribution in [1.29, 1.82) is 5.26 Å². The van der Waals surface area contributed by atoms with Gasteiger partial charge in [0.15, 0.2) is 0 Å². The number of hydrogen-bond donors (Lipinski definition) is 1. The van der Waals surface area contributed by atoms with Crippen molar-refractivity contribution >= 4 is 17.3 Å². The third-order valence-corrected chi connectivity index (χ3v) is 2.76. The molecule has 0 atom stereocenters. The van der Waals surface area contributed by atoms with E-state index < -0.39 is 0 Å². The van der Waals surface area contributed by atoms with E-state index in [1.54, 1.807) is 6.07 Å². The van der Waals surface area contributed by atoms with Crippen molar-refractivity contribution in [2.75, 3.05) is 29.9 Å². The molecule has 0 saturated carbocycles. The second-order valence-corrected chi connectivity index (χ2v) is 4.32. The van der Waals surface area contributed by atoms with Gasteiger partial charge in [-0.25, -0.2) is 0 Å². The molecular formula is C15H21N3O2. The van der Waals surface area contributed by atoms with Gasteiger partial charge in [-0.2, -0.15) is 5.26 Å². The molecule has 0 spiro atoms. The van der Waals surface area contributed by atoms with Crippen molar-refractivity contribution in [3.63, 3.8) is 0 Å². The van der Waals surface area contributed by atoms with E-state index in [1.165, 1.54) is 6.92 Å². The Kier molecular flexibility index (Phi) is 6.38. The molecule has 0 unspecified atom stereocenters. The number of nitrogens with zero attached hydrogens (tertiary/aromatic N) is 2. The average molecular weight is 275 g/mol. The predicted octanol–water partition coefficient (Wildman–Crippen LogP) is 2.78. The maximum atomic E-state index is 11.2. The van der Waals surface area contributed by atoms with Gasteiger partial charge < -0.3 is 15.0 Å². The van der Waals surface area contributed by atoms with Crippen molar-refractivity contribution in [2.45, 2.75) is 27.2 Å². The van der Waals surface area contributed by atoms with Crippen LogP contribution < -0.4 is 15.0 Å². The molecule has 1 N–H and O–H groups in total. The molecule has 1 rings (SSSR count).